The second-order valence-corrected chi connectivity index (χ2v) is 18.1. The molecule has 0 spiro atoms. The average Bonchev–Trinajstić information content (AvgIpc) is 3.46. The Bertz CT molecular complexity index is 3580. The minimum atomic E-state index is 0.885. The smallest absolute Gasteiger partial charge is 0.0540 e. The molecule has 72 heavy (non-hydrogen) atoms. The van der Waals surface area contributed by atoms with Crippen molar-refractivity contribution in [2.45, 2.75) is 12.8 Å². The van der Waals surface area contributed by atoms with Crippen molar-refractivity contribution in [2.24, 2.45) is 0 Å². The molecule has 1 aliphatic rings. The average molecular weight is 925 g/mol. The van der Waals surface area contributed by atoms with Gasteiger partial charge < -0.3 is 19.6 Å². The SMILES string of the molecule is C1=C(c2ccc(N(c3ccc(N(c4ccccc4)c4ccccc4)cc3)c3cccc4ccccc34)cc2)CCC(N(c2ccc(N(c3ccccc3)c3ccccc3)cc2)c2cccc3ccccc23)=C1. The molecule has 0 fully saturated rings. The van der Waals surface area contributed by atoms with E-state index in [1.165, 1.54) is 44.1 Å². The molecule has 0 unspecified atom stereocenters. The molecule has 0 bridgehead atoms. The Kier molecular flexibility index (Phi) is 12.1. The molecule has 12 rings (SSSR count). The van der Waals surface area contributed by atoms with E-state index in [0.717, 1.165) is 69.7 Å². The van der Waals surface area contributed by atoms with E-state index in [2.05, 4.69) is 311 Å². The molecule has 0 saturated heterocycles. The van der Waals surface area contributed by atoms with E-state index in [-0.39, 0.29) is 0 Å². The molecule has 0 aromatic heterocycles. The second kappa shape index (κ2) is 19.9. The summed E-state index contributed by atoms with van der Waals surface area (Å²) in [6.07, 6.45) is 6.46. The fourth-order valence-corrected chi connectivity index (χ4v) is 10.3. The van der Waals surface area contributed by atoms with Crippen molar-refractivity contribution in [1.29, 1.82) is 0 Å². The van der Waals surface area contributed by atoms with Crippen LogP contribution in [-0.2, 0) is 0 Å². The standard InChI is InChI=1S/C68H52N4/c1-5-23-55(24-6-1)69(56-25-7-2-8-26-56)59-43-47-63(48-44-59)71(67-33-17-21-53-19-13-15-31-65(53)67)61-39-35-51(36-40-61)52-37-41-62(42-38-52)72(68-34-18-22-54-20-14-16-32-66(54)68)64-49-45-60(46-50-64)70(57-27-9-3-10-28-57)58-29-11-4-12-30-58/h1-37,39-41,43-50H,38,42H2. The summed E-state index contributed by atoms with van der Waals surface area (Å²) in [5, 5.41) is 4.85. The van der Waals surface area contributed by atoms with Crippen LogP contribution in [0.15, 0.2) is 297 Å². The minimum Gasteiger partial charge on any atom is -0.314 e. The topological polar surface area (TPSA) is 13.0 Å². The maximum Gasteiger partial charge on any atom is 0.0540 e. The number of allylic oxidation sites excluding steroid dienone is 4. The lowest BCUT2D eigenvalue weighted by Crippen LogP contribution is -2.18. The van der Waals surface area contributed by atoms with Crippen molar-refractivity contribution in [1.82, 2.24) is 0 Å². The van der Waals surface area contributed by atoms with Crippen LogP contribution in [0.1, 0.15) is 18.4 Å². The van der Waals surface area contributed by atoms with Crippen LogP contribution in [0.4, 0.5) is 62.6 Å². The zero-order valence-electron chi connectivity index (χ0n) is 39.9. The summed E-state index contributed by atoms with van der Waals surface area (Å²) in [4.78, 5) is 9.48. The van der Waals surface area contributed by atoms with Gasteiger partial charge in [0.2, 0.25) is 0 Å². The van der Waals surface area contributed by atoms with Crippen LogP contribution in [0.2, 0.25) is 0 Å². The van der Waals surface area contributed by atoms with Gasteiger partial charge in [0.05, 0.1) is 11.4 Å². The molecule has 0 heterocycles. The molecule has 0 N–H and O–H groups in total. The summed E-state index contributed by atoms with van der Waals surface area (Å²) in [7, 11) is 0. The number of hydrogen-bond donors (Lipinski definition) is 0. The van der Waals surface area contributed by atoms with E-state index < -0.39 is 0 Å². The first-order valence-corrected chi connectivity index (χ1v) is 24.8. The van der Waals surface area contributed by atoms with E-state index in [9.17, 15) is 0 Å². The summed E-state index contributed by atoms with van der Waals surface area (Å²) in [6.45, 7) is 0. The van der Waals surface area contributed by atoms with Crippen LogP contribution >= 0.6 is 0 Å². The Morgan fingerprint density at radius 1 is 0.222 bits per heavy atom. The molecule has 4 heteroatoms. The summed E-state index contributed by atoms with van der Waals surface area (Å²) in [5.74, 6) is 0. The number of rotatable bonds is 13. The van der Waals surface area contributed by atoms with Gasteiger partial charge in [0.25, 0.3) is 0 Å². The Morgan fingerprint density at radius 3 is 0.944 bits per heavy atom. The number of benzene rings is 11. The Morgan fingerprint density at radius 2 is 0.542 bits per heavy atom. The third kappa shape index (κ3) is 8.78. The first-order valence-electron chi connectivity index (χ1n) is 24.8. The van der Waals surface area contributed by atoms with E-state index >= 15 is 0 Å². The molecule has 0 saturated carbocycles. The Labute approximate surface area is 422 Å². The van der Waals surface area contributed by atoms with Gasteiger partial charge in [-0.2, -0.15) is 0 Å². The first kappa shape index (κ1) is 43.9. The van der Waals surface area contributed by atoms with Crippen molar-refractivity contribution >= 4 is 89.7 Å². The van der Waals surface area contributed by atoms with Crippen LogP contribution in [-0.4, -0.2) is 0 Å². The van der Waals surface area contributed by atoms with Crippen LogP contribution in [0.25, 0.3) is 27.1 Å². The Balaban J connectivity index is 0.887. The van der Waals surface area contributed by atoms with Crippen molar-refractivity contribution in [3.8, 4) is 0 Å². The molecule has 1 aliphatic carbocycles. The van der Waals surface area contributed by atoms with Crippen LogP contribution in [0.5, 0.6) is 0 Å². The highest BCUT2D eigenvalue weighted by atomic mass is 15.2. The fourth-order valence-electron chi connectivity index (χ4n) is 10.3. The number of fused-ring (bicyclic) bond motifs is 2. The molecule has 11 aromatic rings. The van der Waals surface area contributed by atoms with Crippen LogP contribution in [0, 0.1) is 0 Å². The third-order valence-corrected chi connectivity index (χ3v) is 13.7. The summed E-state index contributed by atoms with van der Waals surface area (Å²) in [5.41, 5.74) is 16.1. The van der Waals surface area contributed by atoms with Gasteiger partial charge in [0, 0.05) is 67.7 Å². The largest absolute Gasteiger partial charge is 0.314 e. The van der Waals surface area contributed by atoms with Crippen molar-refractivity contribution in [2.75, 3.05) is 19.6 Å². The molecule has 4 nitrogen and oxygen atoms in total. The lowest BCUT2D eigenvalue weighted by atomic mass is 9.94. The maximum absolute atomic E-state index is 2.46. The van der Waals surface area contributed by atoms with Gasteiger partial charge >= 0.3 is 0 Å². The third-order valence-electron chi connectivity index (χ3n) is 13.7. The Hall–Kier alpha value is -9.38. The zero-order chi connectivity index (χ0) is 48.1. The molecule has 0 aliphatic heterocycles. The molecule has 0 atom stereocenters. The lowest BCUT2D eigenvalue weighted by Gasteiger charge is -2.32. The maximum atomic E-state index is 2.46. The van der Waals surface area contributed by atoms with Gasteiger partial charge in [0.1, 0.15) is 0 Å². The molecule has 0 radical (unpaired) electrons. The van der Waals surface area contributed by atoms with Gasteiger partial charge in [-0.25, -0.2) is 0 Å². The fraction of sp³-hybridized carbons (Fsp3) is 0.0294. The van der Waals surface area contributed by atoms with Gasteiger partial charge in [-0.05, 0) is 162 Å². The molecular weight excluding hydrogens is 873 g/mol. The number of para-hydroxylation sites is 4. The van der Waals surface area contributed by atoms with Crippen molar-refractivity contribution in [3.05, 3.63) is 302 Å². The first-order chi connectivity index (χ1) is 35.7. The number of nitrogens with zero attached hydrogens (tertiary/aromatic N) is 4. The molecular formula is C68H52N4. The van der Waals surface area contributed by atoms with Crippen LogP contribution in [0.3, 0.4) is 0 Å². The minimum absolute atomic E-state index is 0.885. The monoisotopic (exact) mass is 924 g/mol. The summed E-state index contributed by atoms with van der Waals surface area (Å²) in [6, 6.07) is 100. The zero-order valence-corrected chi connectivity index (χ0v) is 39.9. The molecule has 0 amide bonds. The quantitative estimate of drug-likeness (QED) is 0.114. The molecule has 344 valence electrons. The predicted octanol–water partition coefficient (Wildman–Crippen LogP) is 19.3. The van der Waals surface area contributed by atoms with Crippen molar-refractivity contribution < 1.29 is 0 Å². The van der Waals surface area contributed by atoms with E-state index in [0.29, 0.717) is 0 Å². The van der Waals surface area contributed by atoms with E-state index in [1.54, 1.807) is 0 Å². The van der Waals surface area contributed by atoms with Gasteiger partial charge in [-0.1, -0.05) is 164 Å². The highest BCUT2D eigenvalue weighted by Crippen LogP contribution is 2.44. The summed E-state index contributed by atoms with van der Waals surface area (Å²) < 4.78 is 0. The highest BCUT2D eigenvalue weighted by molar-refractivity contribution is 6.00. The van der Waals surface area contributed by atoms with Gasteiger partial charge in [-0.3, -0.25) is 0 Å². The molecule has 11 aromatic carbocycles. The van der Waals surface area contributed by atoms with Gasteiger partial charge in [0.15, 0.2) is 0 Å². The van der Waals surface area contributed by atoms with Gasteiger partial charge in [-0.15, -0.1) is 0 Å². The number of anilines is 11. The predicted molar refractivity (Wildman–Crippen MR) is 306 cm³/mol. The van der Waals surface area contributed by atoms with E-state index in [1.807, 2.05) is 0 Å². The summed E-state index contributed by atoms with van der Waals surface area (Å²) >= 11 is 0. The second-order valence-electron chi connectivity index (χ2n) is 18.1. The van der Waals surface area contributed by atoms with Crippen molar-refractivity contribution in [3.63, 3.8) is 0 Å². The highest BCUT2D eigenvalue weighted by Gasteiger charge is 2.23. The number of hydrogen-bond acceptors (Lipinski definition) is 4. The normalized spacial score (nSPS) is 12.2. The lowest BCUT2D eigenvalue weighted by molar-refractivity contribution is 0.931. The van der Waals surface area contributed by atoms with Crippen LogP contribution < -0.4 is 19.6 Å². The van der Waals surface area contributed by atoms with E-state index in [4.69, 9.17) is 0 Å².